The molecule has 1 atom stereocenters. The van der Waals surface area contributed by atoms with Crippen LogP contribution >= 0.6 is 0 Å². The van der Waals surface area contributed by atoms with E-state index in [0.29, 0.717) is 0 Å². The Labute approximate surface area is 71.4 Å². The Bertz CT molecular complexity index is 245. The van der Waals surface area contributed by atoms with E-state index in [-0.39, 0.29) is 11.6 Å². The van der Waals surface area contributed by atoms with Crippen molar-refractivity contribution in [1.82, 2.24) is 0 Å². The number of hydrogen-bond donors (Lipinski definition) is 0. The predicted molar refractivity (Wildman–Crippen MR) is 43.5 cm³/mol. The smallest absolute Gasteiger partial charge is 0.218 e. The van der Waals surface area contributed by atoms with Crippen molar-refractivity contribution in [2.45, 2.75) is 26.9 Å². The van der Waals surface area contributed by atoms with Crippen LogP contribution in [0.5, 0.6) is 0 Å². The summed E-state index contributed by atoms with van der Waals surface area (Å²) in [5, 5.41) is 0. The van der Waals surface area contributed by atoms with Crippen molar-refractivity contribution in [3.05, 3.63) is 12.3 Å². The van der Waals surface area contributed by atoms with Gasteiger partial charge in [-0.15, -0.1) is 0 Å². The van der Waals surface area contributed by atoms with Crippen LogP contribution in [0.3, 0.4) is 0 Å². The lowest BCUT2D eigenvalue weighted by Gasteiger charge is -2.19. The molecule has 0 fully saturated rings. The Morgan fingerprint density at radius 3 is 2.42 bits per heavy atom. The standard InChI is InChI=1S/C9H12O3/c1-9(2,3)8(11)7-6(10)4-5-12-7/h4-5,7H,1-3H3. The van der Waals surface area contributed by atoms with Crippen LogP contribution in [0.15, 0.2) is 12.3 Å². The fourth-order valence-corrected chi connectivity index (χ4v) is 0.924. The molecule has 0 radical (unpaired) electrons. The van der Waals surface area contributed by atoms with Crippen LogP contribution in [0.1, 0.15) is 20.8 Å². The van der Waals surface area contributed by atoms with Gasteiger partial charge in [0.05, 0.1) is 6.26 Å². The minimum absolute atomic E-state index is 0.169. The molecule has 0 aromatic rings. The molecular formula is C9H12O3. The molecule has 66 valence electrons. The molecule has 12 heavy (non-hydrogen) atoms. The van der Waals surface area contributed by atoms with Crippen molar-refractivity contribution >= 4 is 11.6 Å². The number of Topliss-reactive ketones (excluding diaryl/α,β-unsaturated/α-hetero) is 1. The van der Waals surface area contributed by atoms with E-state index < -0.39 is 11.5 Å². The van der Waals surface area contributed by atoms with Crippen LogP contribution < -0.4 is 0 Å². The first kappa shape index (κ1) is 8.97. The second-order valence-corrected chi connectivity index (χ2v) is 3.84. The topological polar surface area (TPSA) is 43.4 Å². The molecule has 0 amide bonds. The zero-order chi connectivity index (χ0) is 9.35. The summed E-state index contributed by atoms with van der Waals surface area (Å²) in [7, 11) is 0. The van der Waals surface area contributed by atoms with E-state index in [2.05, 4.69) is 0 Å². The van der Waals surface area contributed by atoms with Crippen LogP contribution in [-0.4, -0.2) is 17.7 Å². The monoisotopic (exact) mass is 168 g/mol. The molecule has 1 rings (SSSR count). The second kappa shape index (κ2) is 2.73. The number of ketones is 2. The van der Waals surface area contributed by atoms with Crippen LogP contribution in [0.2, 0.25) is 0 Å². The molecule has 3 nitrogen and oxygen atoms in total. The number of carbonyl (C=O) groups excluding carboxylic acids is 2. The van der Waals surface area contributed by atoms with Crippen molar-refractivity contribution in [2.24, 2.45) is 5.41 Å². The van der Waals surface area contributed by atoms with Crippen molar-refractivity contribution < 1.29 is 14.3 Å². The van der Waals surface area contributed by atoms with E-state index in [1.807, 2.05) is 0 Å². The summed E-state index contributed by atoms with van der Waals surface area (Å²) in [4.78, 5) is 22.5. The average molecular weight is 168 g/mol. The highest BCUT2D eigenvalue weighted by Crippen LogP contribution is 2.21. The Morgan fingerprint density at radius 1 is 1.50 bits per heavy atom. The number of ether oxygens (including phenoxy) is 1. The minimum Gasteiger partial charge on any atom is -0.482 e. The SMILES string of the molecule is CC(C)(C)C(=O)C1OC=CC1=O. The third-order valence-electron chi connectivity index (χ3n) is 1.68. The lowest BCUT2D eigenvalue weighted by Crippen LogP contribution is -2.36. The molecule has 0 spiro atoms. The molecule has 1 aliphatic heterocycles. The molecule has 0 aromatic heterocycles. The minimum atomic E-state index is -0.898. The normalized spacial score (nSPS) is 22.6. The largest absolute Gasteiger partial charge is 0.482 e. The molecule has 1 aliphatic rings. The molecule has 0 N–H and O–H groups in total. The van der Waals surface area contributed by atoms with Gasteiger partial charge >= 0.3 is 0 Å². The highest BCUT2D eigenvalue weighted by atomic mass is 16.5. The van der Waals surface area contributed by atoms with Gasteiger partial charge < -0.3 is 4.74 Å². The fraction of sp³-hybridized carbons (Fsp3) is 0.556. The third kappa shape index (κ3) is 1.55. The van der Waals surface area contributed by atoms with Gasteiger partial charge in [0.15, 0.2) is 5.78 Å². The number of rotatable bonds is 1. The quantitative estimate of drug-likeness (QED) is 0.550. The van der Waals surface area contributed by atoms with Gasteiger partial charge in [0.1, 0.15) is 0 Å². The van der Waals surface area contributed by atoms with Crippen LogP contribution in [0.4, 0.5) is 0 Å². The van der Waals surface area contributed by atoms with Crippen molar-refractivity contribution in [3.63, 3.8) is 0 Å². The lowest BCUT2D eigenvalue weighted by molar-refractivity contribution is -0.140. The highest BCUT2D eigenvalue weighted by molar-refractivity contribution is 6.12. The van der Waals surface area contributed by atoms with Gasteiger partial charge in [-0.3, -0.25) is 9.59 Å². The molecular weight excluding hydrogens is 156 g/mol. The highest BCUT2D eigenvalue weighted by Gasteiger charge is 2.36. The maximum absolute atomic E-state index is 11.5. The van der Waals surface area contributed by atoms with Crippen LogP contribution in [0.25, 0.3) is 0 Å². The first-order valence-corrected chi connectivity index (χ1v) is 3.83. The first-order chi connectivity index (χ1) is 5.43. The van der Waals surface area contributed by atoms with E-state index >= 15 is 0 Å². The van der Waals surface area contributed by atoms with E-state index in [4.69, 9.17) is 4.74 Å². The fourth-order valence-electron chi connectivity index (χ4n) is 0.924. The summed E-state index contributed by atoms with van der Waals surface area (Å²) in [6, 6.07) is 0. The maximum atomic E-state index is 11.5. The third-order valence-corrected chi connectivity index (χ3v) is 1.68. The van der Waals surface area contributed by atoms with E-state index in [1.165, 1.54) is 12.3 Å². The van der Waals surface area contributed by atoms with Crippen molar-refractivity contribution in [1.29, 1.82) is 0 Å². The van der Waals surface area contributed by atoms with Crippen molar-refractivity contribution in [2.75, 3.05) is 0 Å². The average Bonchev–Trinajstić information content (AvgIpc) is 2.31. The van der Waals surface area contributed by atoms with Gasteiger partial charge in [-0.05, 0) is 0 Å². The summed E-state index contributed by atoms with van der Waals surface area (Å²) >= 11 is 0. The van der Waals surface area contributed by atoms with Gasteiger partial charge in [-0.2, -0.15) is 0 Å². The summed E-state index contributed by atoms with van der Waals surface area (Å²) in [6.07, 6.45) is 1.66. The van der Waals surface area contributed by atoms with Crippen molar-refractivity contribution in [3.8, 4) is 0 Å². The van der Waals surface area contributed by atoms with Gasteiger partial charge in [0, 0.05) is 11.5 Å². The Kier molecular flexibility index (Phi) is 2.04. The Balaban J connectivity index is 2.73. The molecule has 0 bridgehead atoms. The zero-order valence-electron chi connectivity index (χ0n) is 7.46. The molecule has 3 heteroatoms. The molecule has 0 saturated heterocycles. The van der Waals surface area contributed by atoms with Gasteiger partial charge in [0.2, 0.25) is 11.9 Å². The molecule has 0 aromatic carbocycles. The molecule has 1 unspecified atom stereocenters. The van der Waals surface area contributed by atoms with Crippen LogP contribution in [0, 0.1) is 5.41 Å². The summed E-state index contributed by atoms with van der Waals surface area (Å²) in [6.45, 7) is 5.30. The van der Waals surface area contributed by atoms with Gasteiger partial charge in [-0.25, -0.2) is 0 Å². The summed E-state index contributed by atoms with van der Waals surface area (Å²) in [5.74, 6) is -0.424. The summed E-state index contributed by atoms with van der Waals surface area (Å²) in [5.41, 5.74) is -0.521. The van der Waals surface area contributed by atoms with Gasteiger partial charge in [0.25, 0.3) is 0 Å². The molecule has 0 aliphatic carbocycles. The summed E-state index contributed by atoms with van der Waals surface area (Å²) < 4.78 is 4.87. The predicted octanol–water partition coefficient (Wildman–Crippen LogP) is 1.08. The zero-order valence-corrected chi connectivity index (χ0v) is 7.46. The number of hydrogen-bond acceptors (Lipinski definition) is 3. The second-order valence-electron chi connectivity index (χ2n) is 3.84. The molecule has 1 heterocycles. The number of carbonyl (C=O) groups is 2. The van der Waals surface area contributed by atoms with E-state index in [1.54, 1.807) is 20.8 Å². The van der Waals surface area contributed by atoms with Crippen LogP contribution in [-0.2, 0) is 14.3 Å². The van der Waals surface area contributed by atoms with Gasteiger partial charge in [-0.1, -0.05) is 20.8 Å². The first-order valence-electron chi connectivity index (χ1n) is 3.83. The Hall–Kier alpha value is -1.12. The van der Waals surface area contributed by atoms with E-state index in [0.717, 1.165) is 0 Å². The Morgan fingerprint density at radius 2 is 2.08 bits per heavy atom. The van der Waals surface area contributed by atoms with E-state index in [9.17, 15) is 9.59 Å². The lowest BCUT2D eigenvalue weighted by atomic mass is 9.86. The molecule has 0 saturated carbocycles. The maximum Gasteiger partial charge on any atom is 0.218 e.